The number of piperidine rings is 1. The van der Waals surface area contributed by atoms with Crippen LogP contribution in [0, 0.1) is 16.0 Å². The molecule has 2 aromatic rings. The first kappa shape index (κ1) is 13.8. The lowest BCUT2D eigenvalue weighted by Gasteiger charge is -2.23. The minimum Gasteiger partial charge on any atom is -0.370 e. The zero-order valence-electron chi connectivity index (χ0n) is 11.7. The van der Waals surface area contributed by atoms with Gasteiger partial charge in [-0.25, -0.2) is 4.98 Å². The molecule has 21 heavy (non-hydrogen) atoms. The Kier molecular flexibility index (Phi) is 3.96. The van der Waals surface area contributed by atoms with E-state index in [2.05, 4.69) is 15.6 Å². The number of rotatable bonds is 4. The van der Waals surface area contributed by atoms with E-state index in [1.807, 2.05) is 12.1 Å². The molecule has 1 aliphatic heterocycles. The first-order chi connectivity index (χ1) is 10.2. The summed E-state index contributed by atoms with van der Waals surface area (Å²) in [5.41, 5.74) is 0.871. The molecule has 0 bridgehead atoms. The van der Waals surface area contributed by atoms with Gasteiger partial charge in [0.05, 0.1) is 10.4 Å². The number of pyridine rings is 1. The van der Waals surface area contributed by atoms with Gasteiger partial charge < -0.3 is 10.6 Å². The number of nitrogens with zero attached hydrogens (tertiary/aromatic N) is 2. The number of nitro groups is 1. The van der Waals surface area contributed by atoms with E-state index < -0.39 is 0 Å². The molecule has 2 heterocycles. The minimum absolute atomic E-state index is 0.0970. The molecule has 0 spiro atoms. The van der Waals surface area contributed by atoms with Crippen molar-refractivity contribution in [2.45, 2.75) is 12.8 Å². The molecular formula is C15H18N4O2. The molecule has 110 valence electrons. The molecule has 0 amide bonds. The number of fused-ring (bicyclic) bond motifs is 1. The number of anilines is 1. The second-order valence-electron chi connectivity index (χ2n) is 5.40. The van der Waals surface area contributed by atoms with Crippen LogP contribution < -0.4 is 10.6 Å². The Morgan fingerprint density at radius 1 is 1.29 bits per heavy atom. The van der Waals surface area contributed by atoms with E-state index in [0.717, 1.165) is 36.4 Å². The van der Waals surface area contributed by atoms with Crippen LogP contribution in [-0.4, -0.2) is 29.5 Å². The topological polar surface area (TPSA) is 80.1 Å². The van der Waals surface area contributed by atoms with Gasteiger partial charge in [-0.2, -0.15) is 0 Å². The summed E-state index contributed by atoms with van der Waals surface area (Å²) in [6.07, 6.45) is 2.37. The highest BCUT2D eigenvalue weighted by Gasteiger charge is 2.13. The van der Waals surface area contributed by atoms with Gasteiger partial charge in [0, 0.05) is 24.1 Å². The maximum atomic E-state index is 10.8. The Bertz CT molecular complexity index is 653. The summed E-state index contributed by atoms with van der Waals surface area (Å²) in [5, 5.41) is 18.3. The van der Waals surface area contributed by atoms with Gasteiger partial charge in [0.15, 0.2) is 0 Å². The Morgan fingerprint density at radius 3 is 2.86 bits per heavy atom. The SMILES string of the molecule is O=[N+]([O-])c1ccc2nc(NCC3CCNCC3)ccc2c1. The number of hydrogen-bond donors (Lipinski definition) is 2. The Balaban J connectivity index is 1.71. The quantitative estimate of drug-likeness (QED) is 0.667. The van der Waals surface area contributed by atoms with Gasteiger partial charge in [-0.1, -0.05) is 0 Å². The lowest BCUT2D eigenvalue weighted by Crippen LogP contribution is -2.31. The highest BCUT2D eigenvalue weighted by molar-refractivity contribution is 5.82. The summed E-state index contributed by atoms with van der Waals surface area (Å²) in [6.45, 7) is 3.09. The van der Waals surface area contributed by atoms with Gasteiger partial charge in [-0.15, -0.1) is 0 Å². The van der Waals surface area contributed by atoms with E-state index in [1.165, 1.54) is 18.9 Å². The fourth-order valence-corrected chi connectivity index (χ4v) is 2.66. The normalized spacial score (nSPS) is 16.0. The minimum atomic E-state index is -0.386. The first-order valence-corrected chi connectivity index (χ1v) is 7.22. The molecule has 6 heteroatoms. The smallest absolute Gasteiger partial charge is 0.270 e. The van der Waals surface area contributed by atoms with E-state index in [9.17, 15) is 10.1 Å². The molecule has 1 aromatic carbocycles. The van der Waals surface area contributed by atoms with Crippen LogP contribution in [0.25, 0.3) is 10.9 Å². The molecule has 0 aliphatic carbocycles. The Morgan fingerprint density at radius 2 is 2.10 bits per heavy atom. The zero-order chi connectivity index (χ0) is 14.7. The number of nitrogens with one attached hydrogen (secondary N) is 2. The number of non-ortho nitro benzene ring substituents is 1. The van der Waals surface area contributed by atoms with Crippen LogP contribution in [0.4, 0.5) is 11.5 Å². The third-order valence-corrected chi connectivity index (χ3v) is 3.91. The predicted octanol–water partition coefficient (Wildman–Crippen LogP) is 2.55. The average molecular weight is 286 g/mol. The number of aromatic nitrogens is 1. The molecule has 0 atom stereocenters. The highest BCUT2D eigenvalue weighted by Crippen LogP contribution is 2.21. The van der Waals surface area contributed by atoms with E-state index in [1.54, 1.807) is 12.1 Å². The number of benzene rings is 1. The van der Waals surface area contributed by atoms with Crippen molar-refractivity contribution in [2.24, 2.45) is 5.92 Å². The second-order valence-corrected chi connectivity index (χ2v) is 5.40. The van der Waals surface area contributed by atoms with Gasteiger partial charge in [0.1, 0.15) is 5.82 Å². The van der Waals surface area contributed by atoms with Crippen molar-refractivity contribution in [1.82, 2.24) is 10.3 Å². The van der Waals surface area contributed by atoms with Crippen LogP contribution >= 0.6 is 0 Å². The van der Waals surface area contributed by atoms with Crippen molar-refractivity contribution in [3.05, 3.63) is 40.4 Å². The first-order valence-electron chi connectivity index (χ1n) is 7.22. The van der Waals surface area contributed by atoms with Gasteiger partial charge in [0.25, 0.3) is 5.69 Å². The highest BCUT2D eigenvalue weighted by atomic mass is 16.6. The maximum Gasteiger partial charge on any atom is 0.270 e. The molecule has 0 unspecified atom stereocenters. The predicted molar refractivity (Wildman–Crippen MR) is 82.5 cm³/mol. The molecule has 3 rings (SSSR count). The third kappa shape index (κ3) is 3.28. The van der Waals surface area contributed by atoms with Crippen LogP contribution in [-0.2, 0) is 0 Å². The molecule has 1 fully saturated rings. The molecule has 0 radical (unpaired) electrons. The van der Waals surface area contributed by atoms with Crippen molar-refractivity contribution in [2.75, 3.05) is 25.0 Å². The van der Waals surface area contributed by atoms with Crippen LogP contribution in [0.15, 0.2) is 30.3 Å². The van der Waals surface area contributed by atoms with Gasteiger partial charge in [0.2, 0.25) is 0 Å². The summed E-state index contributed by atoms with van der Waals surface area (Å²) in [5.74, 6) is 1.51. The van der Waals surface area contributed by atoms with Crippen LogP contribution in [0.5, 0.6) is 0 Å². The fourth-order valence-electron chi connectivity index (χ4n) is 2.66. The van der Waals surface area contributed by atoms with Crippen molar-refractivity contribution in [1.29, 1.82) is 0 Å². The summed E-state index contributed by atoms with van der Waals surface area (Å²) >= 11 is 0. The van der Waals surface area contributed by atoms with Crippen molar-refractivity contribution < 1.29 is 4.92 Å². The third-order valence-electron chi connectivity index (χ3n) is 3.91. The zero-order valence-corrected chi connectivity index (χ0v) is 11.7. The van der Waals surface area contributed by atoms with Gasteiger partial charge in [-0.05, 0) is 50.0 Å². The summed E-state index contributed by atoms with van der Waals surface area (Å²) in [7, 11) is 0. The van der Waals surface area contributed by atoms with Crippen molar-refractivity contribution in [3.63, 3.8) is 0 Å². The van der Waals surface area contributed by atoms with E-state index in [0.29, 0.717) is 5.92 Å². The Hall–Kier alpha value is -2.21. The standard InChI is InChI=1S/C15H18N4O2/c20-19(21)13-2-3-14-12(9-13)1-4-15(18-14)17-10-11-5-7-16-8-6-11/h1-4,9,11,16H,5-8,10H2,(H,17,18). The molecule has 1 aromatic heterocycles. The largest absolute Gasteiger partial charge is 0.370 e. The molecule has 1 saturated heterocycles. The lowest BCUT2D eigenvalue weighted by molar-refractivity contribution is -0.384. The van der Waals surface area contributed by atoms with Crippen LogP contribution in [0.1, 0.15) is 12.8 Å². The lowest BCUT2D eigenvalue weighted by atomic mass is 9.98. The number of hydrogen-bond acceptors (Lipinski definition) is 5. The Labute approximate surface area is 122 Å². The van der Waals surface area contributed by atoms with Crippen molar-refractivity contribution >= 4 is 22.4 Å². The van der Waals surface area contributed by atoms with Crippen LogP contribution in [0.3, 0.4) is 0 Å². The summed E-state index contributed by atoms with van der Waals surface area (Å²) in [6, 6.07) is 8.50. The van der Waals surface area contributed by atoms with Gasteiger partial charge in [-0.3, -0.25) is 10.1 Å². The monoisotopic (exact) mass is 286 g/mol. The summed E-state index contributed by atoms with van der Waals surface area (Å²) < 4.78 is 0. The molecule has 0 saturated carbocycles. The molecule has 2 N–H and O–H groups in total. The van der Waals surface area contributed by atoms with E-state index in [4.69, 9.17) is 0 Å². The molecular weight excluding hydrogens is 268 g/mol. The number of nitro benzene ring substituents is 1. The van der Waals surface area contributed by atoms with Gasteiger partial charge >= 0.3 is 0 Å². The maximum absolute atomic E-state index is 10.8. The molecule has 6 nitrogen and oxygen atoms in total. The van der Waals surface area contributed by atoms with Crippen LogP contribution in [0.2, 0.25) is 0 Å². The average Bonchev–Trinajstić information content (AvgIpc) is 2.53. The summed E-state index contributed by atoms with van der Waals surface area (Å²) in [4.78, 5) is 14.9. The molecule has 1 aliphatic rings. The van der Waals surface area contributed by atoms with E-state index >= 15 is 0 Å². The van der Waals surface area contributed by atoms with E-state index in [-0.39, 0.29) is 10.6 Å². The fraction of sp³-hybridized carbons (Fsp3) is 0.400. The second kappa shape index (κ2) is 6.05. The van der Waals surface area contributed by atoms with Crippen molar-refractivity contribution in [3.8, 4) is 0 Å².